The van der Waals surface area contributed by atoms with E-state index < -0.39 is 0 Å². The number of halogens is 2. The minimum atomic E-state index is -0.316. The van der Waals surface area contributed by atoms with Gasteiger partial charge in [-0.1, -0.05) is 29.8 Å². The molecule has 4 aromatic rings. The Morgan fingerprint density at radius 2 is 1.96 bits per heavy atom. The van der Waals surface area contributed by atoms with Crippen molar-refractivity contribution in [3.8, 4) is 22.9 Å². The Kier molecular flexibility index (Phi) is 3.95. The maximum Gasteiger partial charge on any atom is 0.135 e. The molecule has 1 heterocycles. The van der Waals surface area contributed by atoms with Crippen molar-refractivity contribution in [3.05, 3.63) is 82.9 Å². The van der Waals surface area contributed by atoms with Gasteiger partial charge < -0.3 is 0 Å². The molecule has 0 saturated carbocycles. The van der Waals surface area contributed by atoms with Gasteiger partial charge in [-0.25, -0.2) is 9.37 Å². The predicted octanol–water partition coefficient (Wildman–Crippen LogP) is 5.67. The van der Waals surface area contributed by atoms with E-state index in [0.717, 1.165) is 16.7 Å². The van der Waals surface area contributed by atoms with E-state index >= 15 is 0 Å². The van der Waals surface area contributed by atoms with Gasteiger partial charge in [0.05, 0.1) is 27.7 Å². The fourth-order valence-corrected chi connectivity index (χ4v) is 3.28. The van der Waals surface area contributed by atoms with Gasteiger partial charge in [0.1, 0.15) is 12.1 Å². The normalized spacial score (nSPS) is 10.8. The number of nitrogens with zero attached hydrogens (tertiary/aromatic N) is 3. The van der Waals surface area contributed by atoms with Crippen LogP contribution in [0.2, 0.25) is 5.02 Å². The lowest BCUT2D eigenvalue weighted by atomic mass is 10.0. The molecule has 3 aromatic carbocycles. The maximum absolute atomic E-state index is 14.6. The van der Waals surface area contributed by atoms with Gasteiger partial charge in [0.2, 0.25) is 0 Å². The van der Waals surface area contributed by atoms with Crippen molar-refractivity contribution in [1.82, 2.24) is 9.55 Å². The number of nitriles is 1. The van der Waals surface area contributed by atoms with E-state index in [2.05, 4.69) is 11.1 Å². The maximum atomic E-state index is 14.6. The third-order valence-electron chi connectivity index (χ3n) is 4.37. The van der Waals surface area contributed by atoms with Crippen LogP contribution >= 0.6 is 11.6 Å². The highest BCUT2D eigenvalue weighted by molar-refractivity contribution is 6.33. The summed E-state index contributed by atoms with van der Waals surface area (Å²) in [6.07, 6.45) is 1.69. The molecule has 3 nitrogen and oxygen atoms in total. The summed E-state index contributed by atoms with van der Waals surface area (Å²) in [6.45, 7) is 1.72. The van der Waals surface area contributed by atoms with Crippen molar-refractivity contribution in [2.75, 3.05) is 0 Å². The SMILES string of the molecule is Cc1ccc(Cl)c(-c2cccc(-n3cnc4cc(C#N)ccc43)c2)c1F. The average Bonchev–Trinajstić information content (AvgIpc) is 3.08. The molecule has 0 amide bonds. The van der Waals surface area contributed by atoms with Crippen LogP contribution in [0.3, 0.4) is 0 Å². The van der Waals surface area contributed by atoms with Crippen LogP contribution in [0.5, 0.6) is 0 Å². The first-order valence-corrected chi connectivity index (χ1v) is 8.39. The Morgan fingerprint density at radius 1 is 1.12 bits per heavy atom. The number of hydrogen-bond donors (Lipinski definition) is 0. The van der Waals surface area contributed by atoms with Crippen molar-refractivity contribution in [1.29, 1.82) is 5.26 Å². The molecule has 126 valence electrons. The van der Waals surface area contributed by atoms with E-state index in [0.29, 0.717) is 27.3 Å². The summed E-state index contributed by atoms with van der Waals surface area (Å²) < 4.78 is 16.5. The third-order valence-corrected chi connectivity index (χ3v) is 4.69. The number of imidazole rings is 1. The van der Waals surface area contributed by atoms with Crippen LogP contribution in [0.4, 0.5) is 4.39 Å². The van der Waals surface area contributed by atoms with Crippen molar-refractivity contribution < 1.29 is 4.39 Å². The van der Waals surface area contributed by atoms with Crippen molar-refractivity contribution >= 4 is 22.6 Å². The third kappa shape index (κ3) is 2.63. The van der Waals surface area contributed by atoms with Gasteiger partial charge in [-0.05, 0) is 54.4 Å². The van der Waals surface area contributed by atoms with Gasteiger partial charge in [0.25, 0.3) is 0 Å². The summed E-state index contributed by atoms with van der Waals surface area (Å²) >= 11 is 6.25. The highest BCUT2D eigenvalue weighted by Crippen LogP contribution is 2.33. The molecule has 0 unspecified atom stereocenters. The summed E-state index contributed by atoms with van der Waals surface area (Å²) in [5.41, 5.74) is 4.64. The molecule has 5 heteroatoms. The van der Waals surface area contributed by atoms with E-state index in [4.69, 9.17) is 16.9 Å². The minimum absolute atomic E-state index is 0.316. The monoisotopic (exact) mass is 361 g/mol. The molecule has 0 bridgehead atoms. The smallest absolute Gasteiger partial charge is 0.135 e. The Hall–Kier alpha value is -3.16. The van der Waals surface area contributed by atoms with Crippen LogP contribution in [0, 0.1) is 24.1 Å². The minimum Gasteiger partial charge on any atom is -0.299 e. The standard InChI is InChI=1S/C21H13ClFN3/c1-13-5-7-17(22)20(21(13)23)15-3-2-4-16(10-15)26-12-25-18-9-14(11-24)6-8-19(18)26/h2-10,12H,1H3. The molecular formula is C21H13ClFN3. The zero-order chi connectivity index (χ0) is 18.3. The van der Waals surface area contributed by atoms with E-state index in [1.165, 1.54) is 0 Å². The van der Waals surface area contributed by atoms with Crippen LogP contribution in [-0.2, 0) is 0 Å². The Bertz CT molecular complexity index is 1190. The van der Waals surface area contributed by atoms with Gasteiger partial charge in [-0.3, -0.25) is 4.57 Å². The zero-order valence-corrected chi connectivity index (χ0v) is 14.6. The quantitative estimate of drug-likeness (QED) is 0.462. The lowest BCUT2D eigenvalue weighted by molar-refractivity contribution is 0.622. The second-order valence-corrected chi connectivity index (χ2v) is 6.44. The molecule has 0 saturated heterocycles. The molecule has 4 rings (SSSR count). The van der Waals surface area contributed by atoms with Gasteiger partial charge in [-0.2, -0.15) is 5.26 Å². The first-order chi connectivity index (χ1) is 12.6. The van der Waals surface area contributed by atoms with E-state index in [9.17, 15) is 4.39 Å². The number of rotatable bonds is 2. The van der Waals surface area contributed by atoms with Crippen molar-refractivity contribution in [2.24, 2.45) is 0 Å². The number of fused-ring (bicyclic) bond motifs is 1. The number of hydrogen-bond acceptors (Lipinski definition) is 2. The van der Waals surface area contributed by atoms with Crippen molar-refractivity contribution in [2.45, 2.75) is 6.92 Å². The zero-order valence-electron chi connectivity index (χ0n) is 13.9. The predicted molar refractivity (Wildman–Crippen MR) is 101 cm³/mol. The van der Waals surface area contributed by atoms with Crippen LogP contribution in [0.1, 0.15) is 11.1 Å². The largest absolute Gasteiger partial charge is 0.299 e. The summed E-state index contributed by atoms with van der Waals surface area (Å²) in [5, 5.41) is 9.40. The van der Waals surface area contributed by atoms with Gasteiger partial charge >= 0.3 is 0 Å². The second kappa shape index (κ2) is 6.29. The highest BCUT2D eigenvalue weighted by atomic mass is 35.5. The lowest BCUT2D eigenvalue weighted by Gasteiger charge is -2.11. The van der Waals surface area contributed by atoms with Gasteiger partial charge in [0, 0.05) is 11.3 Å². The molecule has 0 aliphatic carbocycles. The fourth-order valence-electron chi connectivity index (χ4n) is 3.02. The fraction of sp³-hybridized carbons (Fsp3) is 0.0476. The van der Waals surface area contributed by atoms with Crippen LogP contribution in [-0.4, -0.2) is 9.55 Å². The molecule has 0 aliphatic heterocycles. The first-order valence-electron chi connectivity index (χ1n) is 8.01. The van der Waals surface area contributed by atoms with Crippen LogP contribution in [0.25, 0.3) is 27.8 Å². The van der Waals surface area contributed by atoms with E-state index in [1.807, 2.05) is 34.9 Å². The van der Waals surface area contributed by atoms with Gasteiger partial charge in [0.15, 0.2) is 0 Å². The molecule has 0 atom stereocenters. The van der Waals surface area contributed by atoms with Crippen LogP contribution in [0.15, 0.2) is 60.9 Å². The van der Waals surface area contributed by atoms with Crippen LogP contribution < -0.4 is 0 Å². The summed E-state index contributed by atoms with van der Waals surface area (Å²) in [5.74, 6) is -0.316. The van der Waals surface area contributed by atoms with E-state index in [1.54, 1.807) is 37.5 Å². The topological polar surface area (TPSA) is 41.6 Å². The summed E-state index contributed by atoms with van der Waals surface area (Å²) in [6, 6.07) is 18.3. The second-order valence-electron chi connectivity index (χ2n) is 6.03. The van der Waals surface area contributed by atoms with E-state index in [-0.39, 0.29) is 5.82 Å². The molecule has 0 aliphatic rings. The molecule has 0 radical (unpaired) electrons. The number of aryl methyl sites for hydroxylation is 1. The molecule has 0 spiro atoms. The number of aromatic nitrogens is 2. The molecular weight excluding hydrogens is 349 g/mol. The molecule has 0 fully saturated rings. The summed E-state index contributed by atoms with van der Waals surface area (Å²) in [7, 11) is 0. The first kappa shape index (κ1) is 16.3. The van der Waals surface area contributed by atoms with Gasteiger partial charge in [-0.15, -0.1) is 0 Å². The molecule has 26 heavy (non-hydrogen) atoms. The Morgan fingerprint density at radius 3 is 2.77 bits per heavy atom. The average molecular weight is 362 g/mol. The molecule has 1 aromatic heterocycles. The molecule has 0 N–H and O–H groups in total. The number of benzene rings is 3. The lowest BCUT2D eigenvalue weighted by Crippen LogP contribution is -1.95. The highest BCUT2D eigenvalue weighted by Gasteiger charge is 2.14. The summed E-state index contributed by atoms with van der Waals surface area (Å²) in [4.78, 5) is 4.37. The Balaban J connectivity index is 1.88. The van der Waals surface area contributed by atoms with Crippen molar-refractivity contribution in [3.63, 3.8) is 0 Å². The Labute approximate surface area is 154 Å².